The number of benzene rings is 1. The predicted molar refractivity (Wildman–Crippen MR) is 120 cm³/mol. The van der Waals surface area contributed by atoms with Gasteiger partial charge in [-0.3, -0.25) is 10.1 Å². The first-order valence-electron chi connectivity index (χ1n) is 9.57. The van der Waals surface area contributed by atoms with Crippen LogP contribution in [0.25, 0.3) is 11.2 Å². The minimum Gasteiger partial charge on any atom is -0.480 e. The van der Waals surface area contributed by atoms with Crippen LogP contribution in [0.3, 0.4) is 0 Å². The molecule has 0 bridgehead atoms. The molecular formula is C20H18N8O4S. The molecule has 1 aromatic carbocycles. The van der Waals surface area contributed by atoms with Crippen molar-refractivity contribution in [2.75, 3.05) is 18.2 Å². The number of carbonyl (C=O) groups is 2. The number of hydrogen-bond acceptors (Lipinski definition) is 10. The Bertz CT molecular complexity index is 1310. The van der Waals surface area contributed by atoms with Crippen LogP contribution in [0.1, 0.15) is 15.9 Å². The average Bonchev–Trinajstić information content (AvgIpc) is 3.27. The number of hydrogen-bond donors (Lipinski definition) is 4. The maximum atomic E-state index is 13.2. The van der Waals surface area contributed by atoms with Crippen LogP contribution in [-0.4, -0.2) is 59.2 Å². The number of carbonyl (C=O) groups excluding carboxylic acids is 1. The highest BCUT2D eigenvalue weighted by molar-refractivity contribution is 8.00. The first-order valence-corrected chi connectivity index (χ1v) is 10.4. The number of H-pyrrole nitrogens is 1. The van der Waals surface area contributed by atoms with Crippen LogP contribution in [0.2, 0.25) is 0 Å². The van der Waals surface area contributed by atoms with E-state index in [0.717, 1.165) is 11.8 Å². The van der Waals surface area contributed by atoms with Gasteiger partial charge in [0.2, 0.25) is 23.7 Å². The third-order valence-electron chi connectivity index (χ3n) is 4.49. The maximum absolute atomic E-state index is 13.2. The van der Waals surface area contributed by atoms with Crippen LogP contribution < -0.4 is 15.8 Å². The Morgan fingerprint density at radius 1 is 1.21 bits per heavy atom. The topological polar surface area (TPSA) is 182 Å². The van der Waals surface area contributed by atoms with Crippen molar-refractivity contribution in [3.63, 3.8) is 0 Å². The van der Waals surface area contributed by atoms with E-state index >= 15 is 0 Å². The number of aromatic carboxylic acids is 1. The Kier molecular flexibility index (Phi) is 6.31. The van der Waals surface area contributed by atoms with Crippen molar-refractivity contribution in [3.05, 3.63) is 54.0 Å². The van der Waals surface area contributed by atoms with E-state index in [1.807, 2.05) is 30.3 Å². The molecule has 0 aliphatic rings. The number of imidazole rings is 1. The lowest BCUT2D eigenvalue weighted by molar-refractivity contribution is -0.115. The number of methoxy groups -OCH3 is 1. The second-order valence-electron chi connectivity index (χ2n) is 6.70. The molecule has 0 aliphatic carbocycles. The largest absolute Gasteiger partial charge is 0.480 e. The number of ether oxygens (including phenoxy) is 1. The van der Waals surface area contributed by atoms with Crippen LogP contribution in [-0.2, 0) is 11.2 Å². The maximum Gasteiger partial charge on any atom is 0.342 e. The monoisotopic (exact) mass is 466 g/mol. The molecule has 0 radical (unpaired) electrons. The number of rotatable bonds is 8. The van der Waals surface area contributed by atoms with Gasteiger partial charge in [0.15, 0.2) is 5.65 Å². The number of aromatic nitrogens is 6. The summed E-state index contributed by atoms with van der Waals surface area (Å²) >= 11 is 1.18. The van der Waals surface area contributed by atoms with Gasteiger partial charge in [-0.15, -0.1) is 0 Å². The summed E-state index contributed by atoms with van der Waals surface area (Å²) in [6.07, 6.45) is 2.91. The van der Waals surface area contributed by atoms with Crippen molar-refractivity contribution in [1.82, 2.24) is 29.9 Å². The first kappa shape index (κ1) is 22.0. The molecule has 3 heterocycles. The Balaban J connectivity index is 1.63. The van der Waals surface area contributed by atoms with E-state index in [2.05, 4.69) is 35.2 Å². The van der Waals surface area contributed by atoms with Gasteiger partial charge in [-0.25, -0.2) is 19.7 Å². The van der Waals surface area contributed by atoms with Crippen LogP contribution in [0, 0.1) is 0 Å². The molecule has 1 atom stereocenters. The van der Waals surface area contributed by atoms with Gasteiger partial charge >= 0.3 is 5.97 Å². The molecule has 4 rings (SSSR count). The Labute approximate surface area is 191 Å². The number of amides is 1. The van der Waals surface area contributed by atoms with Gasteiger partial charge < -0.3 is 20.6 Å². The molecule has 0 aliphatic heterocycles. The summed E-state index contributed by atoms with van der Waals surface area (Å²) in [6.45, 7) is 0. The molecule has 5 N–H and O–H groups in total. The van der Waals surface area contributed by atoms with Crippen molar-refractivity contribution in [2.24, 2.45) is 0 Å². The van der Waals surface area contributed by atoms with Crippen LogP contribution in [0.5, 0.6) is 5.88 Å². The summed E-state index contributed by atoms with van der Waals surface area (Å²) in [4.78, 5) is 47.8. The van der Waals surface area contributed by atoms with Crippen molar-refractivity contribution < 1.29 is 19.4 Å². The third-order valence-corrected chi connectivity index (χ3v) is 5.68. The predicted octanol–water partition coefficient (Wildman–Crippen LogP) is 1.77. The summed E-state index contributed by atoms with van der Waals surface area (Å²) in [5, 5.41) is 11.6. The zero-order valence-corrected chi connectivity index (χ0v) is 18.0. The second-order valence-corrected chi connectivity index (χ2v) is 7.89. The number of carboxylic acid groups (broad SMARTS) is 1. The molecule has 1 amide bonds. The molecule has 168 valence electrons. The molecule has 13 heteroatoms. The lowest BCUT2D eigenvalue weighted by Gasteiger charge is -2.16. The van der Waals surface area contributed by atoms with Gasteiger partial charge in [0, 0.05) is 0 Å². The molecule has 0 spiro atoms. The van der Waals surface area contributed by atoms with E-state index in [-0.39, 0.29) is 23.3 Å². The van der Waals surface area contributed by atoms with Crippen LogP contribution in [0.15, 0.2) is 47.9 Å². The highest BCUT2D eigenvalue weighted by Crippen LogP contribution is 2.30. The number of aromatic amines is 1. The fraction of sp³-hybridized carbons (Fsp3) is 0.150. The Hall–Kier alpha value is -4.26. The van der Waals surface area contributed by atoms with Crippen LogP contribution >= 0.6 is 11.8 Å². The molecule has 0 fully saturated rings. The quantitative estimate of drug-likeness (QED) is 0.219. The summed E-state index contributed by atoms with van der Waals surface area (Å²) in [5.41, 5.74) is 7.46. The summed E-state index contributed by atoms with van der Waals surface area (Å²) < 4.78 is 5.00. The normalized spacial score (nSPS) is 11.8. The lowest BCUT2D eigenvalue weighted by atomic mass is 10.1. The van der Waals surface area contributed by atoms with Crippen molar-refractivity contribution in [2.45, 2.75) is 16.7 Å². The van der Waals surface area contributed by atoms with Crippen molar-refractivity contribution >= 4 is 46.7 Å². The van der Waals surface area contributed by atoms with Crippen molar-refractivity contribution in [1.29, 1.82) is 0 Å². The minimum atomic E-state index is -1.24. The number of carboxylic acids is 1. The number of fused-ring (bicyclic) bond motifs is 1. The Morgan fingerprint density at radius 3 is 2.73 bits per heavy atom. The van der Waals surface area contributed by atoms with E-state index in [9.17, 15) is 14.7 Å². The molecule has 0 unspecified atom stereocenters. The molecule has 4 aromatic rings. The smallest absolute Gasteiger partial charge is 0.342 e. The van der Waals surface area contributed by atoms with Crippen molar-refractivity contribution in [3.8, 4) is 5.88 Å². The summed E-state index contributed by atoms with van der Waals surface area (Å²) in [5.74, 6) is -1.88. The molecule has 33 heavy (non-hydrogen) atoms. The number of nitrogens with zero attached hydrogens (tertiary/aromatic N) is 5. The van der Waals surface area contributed by atoms with Gasteiger partial charge in [-0.1, -0.05) is 42.1 Å². The zero-order valence-electron chi connectivity index (χ0n) is 17.2. The number of nitrogens with two attached hydrogens (primary N) is 1. The zero-order chi connectivity index (χ0) is 23.4. The number of nitrogen functional groups attached to an aromatic ring is 1. The van der Waals surface area contributed by atoms with E-state index in [4.69, 9.17) is 10.5 Å². The van der Waals surface area contributed by atoms with E-state index < -0.39 is 17.1 Å². The second kappa shape index (κ2) is 9.48. The van der Waals surface area contributed by atoms with Gasteiger partial charge in [0.25, 0.3) is 0 Å². The molecular weight excluding hydrogens is 448 g/mol. The highest BCUT2D eigenvalue weighted by Gasteiger charge is 2.25. The van der Waals surface area contributed by atoms with Gasteiger partial charge in [-0.2, -0.15) is 9.97 Å². The number of nitrogens with one attached hydrogen (secondary N) is 2. The summed E-state index contributed by atoms with van der Waals surface area (Å²) in [6, 6.07) is 9.45. The number of anilines is 2. The van der Waals surface area contributed by atoms with E-state index in [1.165, 1.54) is 25.2 Å². The fourth-order valence-electron chi connectivity index (χ4n) is 2.98. The standard InChI is InChI=1S/C20H18N8O4S/c1-32-16-11(18(30)31)8-22-20(27-16)26-15(29)12(7-10-5-3-2-4-6-10)33-17-13-14(24-9-23-13)25-19(21)28-17/h2-6,8-9,12H,7H2,1H3,(H,30,31)(H,22,26,27,29)(H3,21,23,24,25,28)/t12-/m1/s1. The fourth-order valence-corrected chi connectivity index (χ4v) is 4.10. The minimum absolute atomic E-state index is 0.0355. The third kappa shape index (κ3) is 4.98. The first-order chi connectivity index (χ1) is 15.9. The summed E-state index contributed by atoms with van der Waals surface area (Å²) in [7, 11) is 1.28. The SMILES string of the molecule is COc1nc(NC(=O)[C@@H](Cc2ccccc2)Sc2nc(N)nc3nc[nH]c23)ncc1C(=O)O. The Morgan fingerprint density at radius 2 is 2.00 bits per heavy atom. The molecule has 0 saturated heterocycles. The van der Waals surface area contributed by atoms with E-state index in [0.29, 0.717) is 22.6 Å². The van der Waals surface area contributed by atoms with Gasteiger partial charge in [-0.05, 0) is 12.0 Å². The highest BCUT2D eigenvalue weighted by atomic mass is 32.2. The van der Waals surface area contributed by atoms with Crippen LogP contribution in [0.4, 0.5) is 11.9 Å². The number of thioether (sulfide) groups is 1. The molecule has 12 nitrogen and oxygen atoms in total. The molecule has 3 aromatic heterocycles. The van der Waals surface area contributed by atoms with E-state index in [1.54, 1.807) is 0 Å². The van der Waals surface area contributed by atoms with Gasteiger partial charge in [0.1, 0.15) is 16.1 Å². The van der Waals surface area contributed by atoms with Gasteiger partial charge in [0.05, 0.1) is 24.9 Å². The molecule has 0 saturated carbocycles. The average molecular weight is 466 g/mol. The lowest BCUT2D eigenvalue weighted by Crippen LogP contribution is -2.28.